The molecule has 8 heteroatoms. The molecule has 18 heavy (non-hydrogen) atoms. The molecule has 0 fully saturated rings. The molecule has 0 spiro atoms. The van der Waals surface area contributed by atoms with Crippen molar-refractivity contribution in [1.82, 2.24) is 9.80 Å². The number of hydrogen-bond donors (Lipinski definition) is 2. The van der Waals surface area contributed by atoms with Crippen molar-refractivity contribution in [2.24, 2.45) is 5.73 Å². The van der Waals surface area contributed by atoms with Gasteiger partial charge in [-0.15, -0.1) is 0 Å². The zero-order valence-corrected chi connectivity index (χ0v) is 9.54. The number of hydrogen-bond acceptors (Lipinski definition) is 4. The lowest BCUT2D eigenvalue weighted by Crippen LogP contribution is -2.43. The van der Waals surface area contributed by atoms with Crippen LogP contribution < -0.4 is 5.73 Å². The molecule has 1 aliphatic heterocycles. The molecule has 3 N–H and O–H groups in total. The smallest absolute Gasteiger partial charge is 0.314 e. The molecule has 0 aliphatic carbocycles. The lowest BCUT2D eigenvalue weighted by molar-refractivity contribution is -0.139. The van der Waals surface area contributed by atoms with Crippen molar-refractivity contribution in [3.05, 3.63) is 12.2 Å². The van der Waals surface area contributed by atoms with Gasteiger partial charge in [-0.25, -0.2) is 4.79 Å². The van der Waals surface area contributed by atoms with Crippen LogP contribution in [-0.4, -0.2) is 58.4 Å². The van der Waals surface area contributed by atoms with Crippen molar-refractivity contribution in [1.29, 1.82) is 0 Å². The third-order valence-corrected chi connectivity index (χ3v) is 2.40. The number of rotatable bonds is 6. The van der Waals surface area contributed by atoms with Crippen LogP contribution in [0.5, 0.6) is 0 Å². The molecule has 0 aromatic carbocycles. The molecule has 4 amide bonds. The summed E-state index contributed by atoms with van der Waals surface area (Å²) in [4.78, 5) is 45.9. The second-order valence-electron chi connectivity index (χ2n) is 3.63. The topological polar surface area (TPSA) is 121 Å². The maximum atomic E-state index is 11.2. The molecular formula is C10H13N3O5. The van der Waals surface area contributed by atoms with Gasteiger partial charge in [-0.2, -0.15) is 0 Å². The van der Waals surface area contributed by atoms with Crippen LogP contribution in [0.1, 0.15) is 6.42 Å². The zero-order valence-electron chi connectivity index (χ0n) is 9.54. The molecule has 8 nitrogen and oxygen atoms in total. The number of carbonyl (C=O) groups is 4. The summed E-state index contributed by atoms with van der Waals surface area (Å²) in [5.74, 6) is -1.97. The second kappa shape index (κ2) is 5.80. The van der Waals surface area contributed by atoms with E-state index in [1.54, 1.807) is 0 Å². The molecule has 0 radical (unpaired) electrons. The average molecular weight is 255 g/mol. The fourth-order valence-electron chi connectivity index (χ4n) is 1.44. The summed E-state index contributed by atoms with van der Waals surface area (Å²) in [6.07, 6.45) is 2.02. The molecule has 0 aromatic heterocycles. The number of amides is 4. The lowest BCUT2D eigenvalue weighted by atomic mass is 10.3. The molecular weight excluding hydrogens is 242 g/mol. The standard InChI is InChI=1S/C10H13N3O5/c11-10(18)12(4-3-9(16)17)5-6-13-7(14)1-2-8(13)15/h1-2H,3-6H2,(H2,11,18)(H,16,17). The van der Waals surface area contributed by atoms with Crippen molar-refractivity contribution in [3.63, 3.8) is 0 Å². The molecule has 0 bridgehead atoms. The number of aliphatic carboxylic acids is 1. The highest BCUT2D eigenvalue weighted by atomic mass is 16.4. The van der Waals surface area contributed by atoms with Crippen LogP contribution in [0.15, 0.2) is 12.2 Å². The van der Waals surface area contributed by atoms with Crippen molar-refractivity contribution >= 4 is 23.8 Å². The predicted molar refractivity (Wildman–Crippen MR) is 59.3 cm³/mol. The minimum absolute atomic E-state index is 0.00672. The number of primary amides is 1. The van der Waals surface area contributed by atoms with Gasteiger partial charge in [0, 0.05) is 31.8 Å². The number of imide groups is 1. The van der Waals surface area contributed by atoms with Gasteiger partial charge in [-0.3, -0.25) is 19.3 Å². The van der Waals surface area contributed by atoms with E-state index in [1.165, 1.54) is 0 Å². The highest BCUT2D eigenvalue weighted by Gasteiger charge is 2.24. The first-order chi connectivity index (χ1) is 8.41. The van der Waals surface area contributed by atoms with E-state index in [9.17, 15) is 19.2 Å². The quantitative estimate of drug-likeness (QED) is 0.575. The van der Waals surface area contributed by atoms with E-state index in [1.807, 2.05) is 0 Å². The van der Waals surface area contributed by atoms with Gasteiger partial charge in [-0.1, -0.05) is 0 Å². The molecule has 0 saturated heterocycles. The summed E-state index contributed by atoms with van der Waals surface area (Å²) >= 11 is 0. The Morgan fingerprint density at radius 3 is 2.22 bits per heavy atom. The van der Waals surface area contributed by atoms with E-state index >= 15 is 0 Å². The second-order valence-corrected chi connectivity index (χ2v) is 3.63. The highest BCUT2D eigenvalue weighted by Crippen LogP contribution is 2.03. The monoisotopic (exact) mass is 255 g/mol. The molecule has 1 rings (SSSR count). The van der Waals surface area contributed by atoms with Crippen molar-refractivity contribution in [2.45, 2.75) is 6.42 Å². The Morgan fingerprint density at radius 2 is 1.78 bits per heavy atom. The first-order valence-electron chi connectivity index (χ1n) is 5.21. The van der Waals surface area contributed by atoms with Gasteiger partial charge in [0.2, 0.25) is 0 Å². The van der Waals surface area contributed by atoms with E-state index in [-0.39, 0.29) is 26.1 Å². The molecule has 1 aliphatic rings. The van der Waals surface area contributed by atoms with Gasteiger partial charge in [-0.05, 0) is 0 Å². The van der Waals surface area contributed by atoms with Gasteiger partial charge >= 0.3 is 12.0 Å². The van der Waals surface area contributed by atoms with Gasteiger partial charge in [0.25, 0.3) is 11.8 Å². The van der Waals surface area contributed by atoms with E-state index in [4.69, 9.17) is 10.8 Å². The molecule has 0 atom stereocenters. The number of carbonyl (C=O) groups excluding carboxylic acids is 3. The largest absolute Gasteiger partial charge is 0.481 e. The Morgan fingerprint density at radius 1 is 1.22 bits per heavy atom. The van der Waals surface area contributed by atoms with Crippen LogP contribution in [0.2, 0.25) is 0 Å². The predicted octanol–water partition coefficient (Wildman–Crippen LogP) is -1.23. The van der Waals surface area contributed by atoms with Crippen molar-refractivity contribution < 1.29 is 24.3 Å². The maximum absolute atomic E-state index is 11.2. The molecule has 1 heterocycles. The lowest BCUT2D eigenvalue weighted by Gasteiger charge is -2.22. The Labute approximate surface area is 103 Å². The molecule has 0 saturated carbocycles. The molecule has 98 valence electrons. The average Bonchev–Trinajstić information content (AvgIpc) is 2.59. The van der Waals surface area contributed by atoms with Crippen LogP contribution in [0.25, 0.3) is 0 Å². The van der Waals surface area contributed by atoms with E-state index < -0.39 is 23.8 Å². The number of nitrogens with zero attached hydrogens (tertiary/aromatic N) is 2. The fraction of sp³-hybridized carbons (Fsp3) is 0.400. The molecule has 0 unspecified atom stereocenters. The summed E-state index contributed by atoms with van der Waals surface area (Å²) in [5, 5.41) is 8.50. The van der Waals surface area contributed by atoms with Crippen LogP contribution in [0, 0.1) is 0 Å². The number of nitrogens with two attached hydrogens (primary N) is 1. The summed E-state index contributed by atoms with van der Waals surface area (Å²) in [6.45, 7) is -0.0523. The summed E-state index contributed by atoms with van der Waals surface area (Å²) in [7, 11) is 0. The van der Waals surface area contributed by atoms with E-state index in [2.05, 4.69) is 0 Å². The zero-order chi connectivity index (χ0) is 13.7. The first kappa shape index (κ1) is 13.7. The van der Waals surface area contributed by atoms with Crippen LogP contribution in [0.4, 0.5) is 4.79 Å². The maximum Gasteiger partial charge on any atom is 0.314 e. The fourth-order valence-corrected chi connectivity index (χ4v) is 1.44. The van der Waals surface area contributed by atoms with Gasteiger partial charge < -0.3 is 15.7 Å². The van der Waals surface area contributed by atoms with Crippen molar-refractivity contribution in [2.75, 3.05) is 19.6 Å². The number of carboxylic acids is 1. The third-order valence-electron chi connectivity index (χ3n) is 2.40. The van der Waals surface area contributed by atoms with Crippen LogP contribution in [-0.2, 0) is 14.4 Å². The van der Waals surface area contributed by atoms with E-state index in [0.717, 1.165) is 22.0 Å². The minimum atomic E-state index is -1.06. The van der Waals surface area contributed by atoms with Gasteiger partial charge in [0.15, 0.2) is 0 Å². The normalized spacial score (nSPS) is 14.1. The Hall–Kier alpha value is -2.38. The summed E-state index contributed by atoms with van der Waals surface area (Å²) < 4.78 is 0. The van der Waals surface area contributed by atoms with Crippen LogP contribution >= 0.6 is 0 Å². The van der Waals surface area contributed by atoms with Gasteiger partial charge in [0.1, 0.15) is 0 Å². The highest BCUT2D eigenvalue weighted by molar-refractivity contribution is 6.12. The van der Waals surface area contributed by atoms with Gasteiger partial charge in [0.05, 0.1) is 6.42 Å². The minimum Gasteiger partial charge on any atom is -0.481 e. The first-order valence-corrected chi connectivity index (χ1v) is 5.21. The number of urea groups is 1. The van der Waals surface area contributed by atoms with E-state index in [0.29, 0.717) is 0 Å². The SMILES string of the molecule is NC(=O)N(CCC(=O)O)CCN1C(=O)C=CC1=O. The summed E-state index contributed by atoms with van der Waals surface area (Å²) in [5.41, 5.74) is 5.07. The molecule has 0 aromatic rings. The Kier molecular flexibility index (Phi) is 4.41. The summed E-state index contributed by atoms with van der Waals surface area (Å²) in [6, 6.07) is -0.789. The Balaban J connectivity index is 2.47. The van der Waals surface area contributed by atoms with Crippen molar-refractivity contribution in [3.8, 4) is 0 Å². The number of carboxylic acid groups (broad SMARTS) is 1. The third kappa shape index (κ3) is 3.58. The van der Waals surface area contributed by atoms with Crippen LogP contribution in [0.3, 0.4) is 0 Å². The Bertz CT molecular complexity index is 400.